The Bertz CT molecular complexity index is 631. The van der Waals surface area contributed by atoms with E-state index in [1.165, 1.54) is 0 Å². The van der Waals surface area contributed by atoms with Gasteiger partial charge >= 0.3 is 0 Å². The number of aliphatic hydroxyl groups is 1. The lowest BCUT2D eigenvalue weighted by atomic mass is 10.1. The molecular formula is C16H21ClN2O3S. The van der Waals surface area contributed by atoms with Crippen LogP contribution in [0.1, 0.15) is 17.9 Å². The number of amides is 1. The molecule has 1 fully saturated rings. The first-order valence-corrected chi connectivity index (χ1v) is 8.26. The minimum Gasteiger partial charge on any atom is -0.386 e. The smallest absolute Gasteiger partial charge is 0.239 e. The van der Waals surface area contributed by atoms with Gasteiger partial charge in [0.1, 0.15) is 12.1 Å². The van der Waals surface area contributed by atoms with Gasteiger partial charge in [0.05, 0.1) is 12.7 Å². The van der Waals surface area contributed by atoms with E-state index in [2.05, 4.69) is 10.6 Å². The van der Waals surface area contributed by atoms with E-state index in [-0.39, 0.29) is 37.0 Å². The fourth-order valence-electron chi connectivity index (χ4n) is 2.60. The molecule has 0 radical (unpaired) electrons. The second-order valence-corrected chi connectivity index (χ2v) is 6.57. The summed E-state index contributed by atoms with van der Waals surface area (Å²) >= 11 is 1.55. The Morgan fingerprint density at radius 3 is 3.04 bits per heavy atom. The molecule has 1 amide bonds. The van der Waals surface area contributed by atoms with Gasteiger partial charge in [-0.15, -0.1) is 23.7 Å². The first kappa shape index (κ1) is 18.2. The lowest BCUT2D eigenvalue weighted by Crippen LogP contribution is -2.55. The number of carbonyl (C=O) groups is 1. The third kappa shape index (κ3) is 4.22. The number of nitrogens with one attached hydrogen (secondary N) is 2. The number of fused-ring (bicyclic) bond motifs is 1. The molecule has 1 aliphatic rings. The number of hydrogen-bond acceptors (Lipinski definition) is 5. The highest BCUT2D eigenvalue weighted by atomic mass is 35.5. The van der Waals surface area contributed by atoms with Crippen molar-refractivity contribution in [3.05, 3.63) is 35.2 Å². The fraction of sp³-hybridized carbons (Fsp3) is 0.438. The molecule has 3 N–H and O–H groups in total. The zero-order chi connectivity index (χ0) is 15.5. The summed E-state index contributed by atoms with van der Waals surface area (Å²) in [5, 5.41) is 17.3. The number of aliphatic hydroxyl groups excluding tert-OH is 1. The van der Waals surface area contributed by atoms with Crippen LogP contribution in [0.3, 0.4) is 0 Å². The van der Waals surface area contributed by atoms with Gasteiger partial charge in [-0.2, -0.15) is 0 Å². The van der Waals surface area contributed by atoms with Gasteiger partial charge in [-0.05, 0) is 24.4 Å². The molecule has 1 saturated heterocycles. The minimum absolute atomic E-state index is 0. The van der Waals surface area contributed by atoms with Crippen molar-refractivity contribution < 1.29 is 14.6 Å². The number of rotatable bonds is 4. The van der Waals surface area contributed by atoms with Crippen LogP contribution in [-0.4, -0.2) is 42.9 Å². The molecule has 0 bridgehead atoms. The summed E-state index contributed by atoms with van der Waals surface area (Å²) in [7, 11) is 0. The number of ether oxygens (including phenoxy) is 1. The van der Waals surface area contributed by atoms with Gasteiger partial charge in [-0.25, -0.2) is 0 Å². The highest BCUT2D eigenvalue weighted by molar-refractivity contribution is 7.19. The van der Waals surface area contributed by atoms with E-state index in [1.807, 2.05) is 37.3 Å². The third-order valence-corrected chi connectivity index (χ3v) is 5.06. The van der Waals surface area contributed by atoms with Crippen LogP contribution in [-0.2, 0) is 9.53 Å². The number of morpholine rings is 1. The predicted octanol–water partition coefficient (Wildman–Crippen LogP) is 1.85. The molecule has 2 heterocycles. The Morgan fingerprint density at radius 1 is 1.52 bits per heavy atom. The van der Waals surface area contributed by atoms with E-state index in [9.17, 15) is 9.90 Å². The van der Waals surface area contributed by atoms with Gasteiger partial charge in [0.25, 0.3) is 0 Å². The van der Waals surface area contributed by atoms with Crippen molar-refractivity contribution in [2.45, 2.75) is 25.2 Å². The fourth-order valence-corrected chi connectivity index (χ4v) is 3.65. The van der Waals surface area contributed by atoms with Gasteiger partial charge in [-0.1, -0.05) is 18.2 Å². The van der Waals surface area contributed by atoms with Crippen LogP contribution in [0.4, 0.5) is 0 Å². The lowest BCUT2D eigenvalue weighted by Gasteiger charge is -2.29. The van der Waals surface area contributed by atoms with Crippen LogP contribution in [0, 0.1) is 0 Å². The maximum absolute atomic E-state index is 12.2. The quantitative estimate of drug-likeness (QED) is 0.782. The molecule has 0 aliphatic carbocycles. The molecular weight excluding hydrogens is 336 g/mol. The molecule has 1 unspecified atom stereocenters. The van der Waals surface area contributed by atoms with Crippen molar-refractivity contribution in [2.75, 3.05) is 19.7 Å². The molecule has 3 atom stereocenters. The second kappa shape index (κ2) is 8.08. The van der Waals surface area contributed by atoms with Gasteiger partial charge in [0, 0.05) is 22.7 Å². The summed E-state index contributed by atoms with van der Waals surface area (Å²) < 4.78 is 6.60. The van der Waals surface area contributed by atoms with Crippen molar-refractivity contribution in [2.24, 2.45) is 0 Å². The van der Waals surface area contributed by atoms with Gasteiger partial charge in [0.2, 0.25) is 5.91 Å². The maximum Gasteiger partial charge on any atom is 0.239 e. The summed E-state index contributed by atoms with van der Waals surface area (Å²) in [4.78, 5) is 13.0. The zero-order valence-corrected chi connectivity index (χ0v) is 14.5. The Labute approximate surface area is 145 Å². The molecule has 126 valence electrons. The monoisotopic (exact) mass is 356 g/mol. The molecule has 0 spiro atoms. The van der Waals surface area contributed by atoms with Crippen LogP contribution in [0.25, 0.3) is 10.1 Å². The number of halogens is 1. The van der Waals surface area contributed by atoms with Crippen molar-refractivity contribution >= 4 is 39.7 Å². The molecule has 0 saturated carbocycles. The largest absolute Gasteiger partial charge is 0.386 e. The zero-order valence-electron chi connectivity index (χ0n) is 12.8. The maximum atomic E-state index is 12.2. The molecule has 1 aromatic heterocycles. The minimum atomic E-state index is -0.693. The highest BCUT2D eigenvalue weighted by Gasteiger charge is 2.28. The number of benzene rings is 1. The standard InChI is InChI=1S/C16H20N2O3S.ClH/c1-10-15(17-6-7-21-10)16(20)18-9-12(19)14-8-11-4-2-3-5-13(11)22-14;/h2-5,8,10,12,15,17,19H,6-7,9H2,1H3,(H,18,20);1H/t10-,12?,15+;/m1./s1. The van der Waals surface area contributed by atoms with Gasteiger partial charge in [-0.3, -0.25) is 4.79 Å². The van der Waals surface area contributed by atoms with Crippen LogP contribution in [0.5, 0.6) is 0 Å². The van der Waals surface area contributed by atoms with Crippen molar-refractivity contribution in [3.63, 3.8) is 0 Å². The summed E-state index contributed by atoms with van der Waals surface area (Å²) in [6.45, 7) is 3.37. The molecule has 7 heteroatoms. The average molecular weight is 357 g/mol. The predicted molar refractivity (Wildman–Crippen MR) is 94.2 cm³/mol. The van der Waals surface area contributed by atoms with E-state index in [0.29, 0.717) is 13.2 Å². The van der Waals surface area contributed by atoms with E-state index >= 15 is 0 Å². The lowest BCUT2D eigenvalue weighted by molar-refractivity contribution is -0.129. The van der Waals surface area contributed by atoms with E-state index in [0.717, 1.165) is 15.0 Å². The van der Waals surface area contributed by atoms with Crippen molar-refractivity contribution in [3.8, 4) is 0 Å². The molecule has 1 aliphatic heterocycles. The highest BCUT2D eigenvalue weighted by Crippen LogP contribution is 2.29. The van der Waals surface area contributed by atoms with Gasteiger partial charge in [0.15, 0.2) is 0 Å². The summed E-state index contributed by atoms with van der Waals surface area (Å²) in [6, 6.07) is 9.62. The van der Waals surface area contributed by atoms with Crippen LogP contribution in [0.15, 0.2) is 30.3 Å². The normalized spacial score (nSPS) is 22.3. The Morgan fingerprint density at radius 2 is 2.30 bits per heavy atom. The van der Waals surface area contributed by atoms with Crippen molar-refractivity contribution in [1.29, 1.82) is 0 Å². The first-order valence-electron chi connectivity index (χ1n) is 7.44. The molecule has 23 heavy (non-hydrogen) atoms. The van der Waals surface area contributed by atoms with Crippen LogP contribution < -0.4 is 10.6 Å². The van der Waals surface area contributed by atoms with Crippen LogP contribution in [0.2, 0.25) is 0 Å². The van der Waals surface area contributed by atoms with Crippen molar-refractivity contribution in [1.82, 2.24) is 10.6 Å². The summed E-state index contributed by atoms with van der Waals surface area (Å²) in [5.41, 5.74) is 0. The number of carbonyl (C=O) groups excluding carboxylic acids is 1. The second-order valence-electron chi connectivity index (χ2n) is 5.46. The molecule has 3 rings (SSSR count). The Hall–Kier alpha value is -1.18. The molecule has 5 nitrogen and oxygen atoms in total. The van der Waals surface area contributed by atoms with E-state index in [1.54, 1.807) is 11.3 Å². The summed E-state index contributed by atoms with van der Waals surface area (Å²) in [6.07, 6.45) is -0.851. The number of hydrogen-bond donors (Lipinski definition) is 3. The Kier molecular flexibility index (Phi) is 6.38. The first-order chi connectivity index (χ1) is 10.6. The average Bonchev–Trinajstić information content (AvgIpc) is 2.97. The topological polar surface area (TPSA) is 70.6 Å². The molecule has 1 aromatic carbocycles. The van der Waals surface area contributed by atoms with E-state index in [4.69, 9.17) is 4.74 Å². The Balaban J connectivity index is 0.00000192. The van der Waals surface area contributed by atoms with E-state index < -0.39 is 6.10 Å². The van der Waals surface area contributed by atoms with Gasteiger partial charge < -0.3 is 20.5 Å². The number of thiophene rings is 1. The summed E-state index contributed by atoms with van der Waals surface area (Å²) in [5.74, 6) is -0.132. The SMILES string of the molecule is C[C@H]1OCCN[C@@H]1C(=O)NCC(O)c1cc2ccccc2s1.Cl. The van der Waals surface area contributed by atoms with Crippen LogP contribution >= 0.6 is 23.7 Å². The third-order valence-electron chi connectivity index (χ3n) is 3.84. The molecule has 2 aromatic rings.